The van der Waals surface area contributed by atoms with E-state index in [4.69, 9.17) is 16.9 Å². The smallest absolute Gasteiger partial charge is 0.254 e. The Kier molecular flexibility index (Phi) is 4.14. The molecule has 78 valence electrons. The molecule has 0 N–H and O–H groups in total. The maximum atomic E-state index is 11.7. The van der Waals surface area contributed by atoms with Gasteiger partial charge in [-0.25, -0.2) is 0 Å². The Morgan fingerprint density at radius 2 is 2.07 bits per heavy atom. The van der Waals surface area contributed by atoms with Crippen molar-refractivity contribution in [1.82, 2.24) is 4.90 Å². The van der Waals surface area contributed by atoms with E-state index >= 15 is 0 Å². The van der Waals surface area contributed by atoms with Crippen LogP contribution in [0.1, 0.15) is 15.9 Å². The second kappa shape index (κ2) is 5.38. The molecule has 0 aromatic heterocycles. The fourth-order valence-electron chi connectivity index (χ4n) is 1.13. The van der Waals surface area contributed by atoms with Gasteiger partial charge in [-0.2, -0.15) is 5.26 Å². The molecule has 0 fully saturated rings. The van der Waals surface area contributed by atoms with Gasteiger partial charge in [0.1, 0.15) is 6.54 Å². The largest absolute Gasteiger partial charge is 0.328 e. The van der Waals surface area contributed by atoms with Crippen molar-refractivity contribution in [2.24, 2.45) is 0 Å². The number of rotatable bonds is 3. The molecule has 1 aromatic carbocycles. The molecule has 0 radical (unpaired) electrons. The Morgan fingerprint density at radius 3 is 2.53 bits per heavy atom. The number of alkyl halides is 1. The van der Waals surface area contributed by atoms with Gasteiger partial charge in [0.25, 0.3) is 5.91 Å². The molecule has 0 heterocycles. The quantitative estimate of drug-likeness (QED) is 0.580. The highest BCUT2D eigenvalue weighted by Gasteiger charge is 2.10. The van der Waals surface area contributed by atoms with Gasteiger partial charge in [-0.15, -0.1) is 11.6 Å². The number of carbonyl (C=O) groups excluding carboxylic acids is 1. The van der Waals surface area contributed by atoms with E-state index in [1.807, 2.05) is 6.07 Å². The van der Waals surface area contributed by atoms with E-state index in [2.05, 4.69) is 0 Å². The topological polar surface area (TPSA) is 44.1 Å². The zero-order valence-electron chi connectivity index (χ0n) is 8.40. The monoisotopic (exact) mass is 222 g/mol. The van der Waals surface area contributed by atoms with Crippen LogP contribution in [-0.4, -0.2) is 24.4 Å². The molecule has 0 bridgehead atoms. The fraction of sp³-hybridized carbons (Fsp3) is 0.273. The van der Waals surface area contributed by atoms with Crippen LogP contribution in [-0.2, 0) is 5.88 Å². The highest BCUT2D eigenvalue weighted by molar-refractivity contribution is 6.17. The number of benzene rings is 1. The molecule has 0 saturated carbocycles. The molecule has 4 heteroatoms. The average Bonchev–Trinajstić information content (AvgIpc) is 2.28. The number of nitrogens with zero attached hydrogens (tertiary/aromatic N) is 2. The number of amides is 1. The fourth-order valence-corrected chi connectivity index (χ4v) is 1.31. The van der Waals surface area contributed by atoms with Gasteiger partial charge in [-0.05, 0) is 17.7 Å². The van der Waals surface area contributed by atoms with Crippen molar-refractivity contribution < 1.29 is 4.79 Å². The van der Waals surface area contributed by atoms with Crippen molar-refractivity contribution in [3.8, 4) is 6.07 Å². The van der Waals surface area contributed by atoms with Gasteiger partial charge in [0, 0.05) is 18.5 Å². The van der Waals surface area contributed by atoms with E-state index in [1.54, 1.807) is 31.3 Å². The molecule has 0 aliphatic rings. The minimum absolute atomic E-state index is 0.0933. The third-order valence-electron chi connectivity index (χ3n) is 2.01. The number of hydrogen-bond acceptors (Lipinski definition) is 2. The summed E-state index contributed by atoms with van der Waals surface area (Å²) in [5.74, 6) is 0.278. The average molecular weight is 223 g/mol. The summed E-state index contributed by atoms with van der Waals surface area (Å²) in [6.45, 7) is 0.0933. The number of carbonyl (C=O) groups is 1. The highest BCUT2D eigenvalue weighted by Crippen LogP contribution is 2.08. The van der Waals surface area contributed by atoms with E-state index in [1.165, 1.54) is 4.90 Å². The van der Waals surface area contributed by atoms with E-state index in [-0.39, 0.29) is 12.5 Å². The predicted octanol–water partition coefficient (Wildman–Crippen LogP) is 2.02. The molecule has 0 unspecified atom stereocenters. The van der Waals surface area contributed by atoms with Gasteiger partial charge < -0.3 is 4.90 Å². The van der Waals surface area contributed by atoms with Crippen LogP contribution in [0.2, 0.25) is 0 Å². The van der Waals surface area contributed by atoms with Gasteiger partial charge in [-0.3, -0.25) is 4.79 Å². The minimum Gasteiger partial charge on any atom is -0.328 e. The lowest BCUT2D eigenvalue weighted by molar-refractivity contribution is 0.0812. The van der Waals surface area contributed by atoms with Crippen LogP contribution in [0.3, 0.4) is 0 Å². The SMILES string of the molecule is CN(CC#N)C(=O)c1ccc(CCl)cc1. The van der Waals surface area contributed by atoms with Gasteiger partial charge in [0.15, 0.2) is 0 Å². The van der Waals surface area contributed by atoms with Crippen LogP contribution in [0.25, 0.3) is 0 Å². The third-order valence-corrected chi connectivity index (χ3v) is 2.32. The third kappa shape index (κ3) is 2.97. The molecule has 3 nitrogen and oxygen atoms in total. The maximum Gasteiger partial charge on any atom is 0.254 e. The van der Waals surface area contributed by atoms with E-state index in [0.717, 1.165) is 5.56 Å². The first kappa shape index (κ1) is 11.5. The lowest BCUT2D eigenvalue weighted by atomic mass is 10.1. The molecule has 0 spiro atoms. The van der Waals surface area contributed by atoms with Crippen LogP contribution in [0.4, 0.5) is 0 Å². The van der Waals surface area contributed by atoms with E-state index in [9.17, 15) is 4.79 Å². The Morgan fingerprint density at radius 1 is 1.47 bits per heavy atom. The summed E-state index contributed by atoms with van der Waals surface area (Å²) in [7, 11) is 1.60. The van der Waals surface area contributed by atoms with Crippen molar-refractivity contribution >= 4 is 17.5 Å². The minimum atomic E-state index is -0.155. The molecule has 0 aliphatic heterocycles. The van der Waals surface area contributed by atoms with Gasteiger partial charge in [0.2, 0.25) is 0 Å². The van der Waals surface area contributed by atoms with Crippen LogP contribution in [0, 0.1) is 11.3 Å². The summed E-state index contributed by atoms with van der Waals surface area (Å²) in [6.07, 6.45) is 0. The molecule has 0 aliphatic carbocycles. The summed E-state index contributed by atoms with van der Waals surface area (Å²) < 4.78 is 0. The number of nitriles is 1. The lowest BCUT2D eigenvalue weighted by Crippen LogP contribution is -2.26. The summed E-state index contributed by atoms with van der Waals surface area (Å²) in [5.41, 5.74) is 1.54. The van der Waals surface area contributed by atoms with Gasteiger partial charge in [-0.1, -0.05) is 12.1 Å². The van der Waals surface area contributed by atoms with Gasteiger partial charge in [0.05, 0.1) is 6.07 Å². The first-order valence-corrected chi connectivity index (χ1v) is 5.00. The van der Waals surface area contributed by atoms with E-state index in [0.29, 0.717) is 11.4 Å². The Labute approximate surface area is 93.9 Å². The molecule has 0 atom stereocenters. The van der Waals surface area contributed by atoms with Crippen LogP contribution in [0.5, 0.6) is 0 Å². The molecule has 1 aromatic rings. The normalized spacial score (nSPS) is 9.40. The maximum absolute atomic E-state index is 11.7. The van der Waals surface area contributed by atoms with Crippen molar-refractivity contribution in [2.75, 3.05) is 13.6 Å². The van der Waals surface area contributed by atoms with Crippen molar-refractivity contribution in [2.45, 2.75) is 5.88 Å². The van der Waals surface area contributed by atoms with Crippen molar-refractivity contribution in [3.05, 3.63) is 35.4 Å². The second-order valence-corrected chi connectivity index (χ2v) is 3.42. The number of hydrogen-bond donors (Lipinski definition) is 0. The summed E-state index contributed by atoms with van der Waals surface area (Å²) in [5, 5.41) is 8.45. The zero-order chi connectivity index (χ0) is 11.3. The lowest BCUT2D eigenvalue weighted by Gasteiger charge is -2.12. The van der Waals surface area contributed by atoms with Crippen LogP contribution >= 0.6 is 11.6 Å². The first-order valence-electron chi connectivity index (χ1n) is 4.46. The molecule has 1 amide bonds. The van der Waals surface area contributed by atoms with Crippen LogP contribution in [0.15, 0.2) is 24.3 Å². The Balaban J connectivity index is 2.79. The molecular weight excluding hydrogens is 212 g/mol. The van der Waals surface area contributed by atoms with E-state index < -0.39 is 0 Å². The molecule has 15 heavy (non-hydrogen) atoms. The summed E-state index contributed by atoms with van der Waals surface area (Å²) >= 11 is 5.63. The zero-order valence-corrected chi connectivity index (χ0v) is 9.16. The van der Waals surface area contributed by atoms with Gasteiger partial charge >= 0.3 is 0 Å². The summed E-state index contributed by atoms with van der Waals surface area (Å²) in [6, 6.07) is 8.97. The predicted molar refractivity (Wildman–Crippen MR) is 58.6 cm³/mol. The molecule has 0 saturated heterocycles. The Bertz CT molecular complexity index is 381. The van der Waals surface area contributed by atoms with Crippen LogP contribution < -0.4 is 0 Å². The Hall–Kier alpha value is -1.53. The summed E-state index contributed by atoms with van der Waals surface area (Å²) in [4.78, 5) is 13.0. The van der Waals surface area contributed by atoms with Crippen molar-refractivity contribution in [1.29, 1.82) is 5.26 Å². The second-order valence-electron chi connectivity index (χ2n) is 3.15. The number of halogens is 1. The first-order chi connectivity index (χ1) is 7.19. The standard InChI is InChI=1S/C11H11ClN2O/c1-14(7-6-13)11(15)10-4-2-9(8-12)3-5-10/h2-5H,7-8H2,1H3. The molecular formula is C11H11ClN2O. The van der Waals surface area contributed by atoms with Crippen molar-refractivity contribution in [3.63, 3.8) is 0 Å². The molecule has 1 rings (SSSR count). The highest BCUT2D eigenvalue weighted by atomic mass is 35.5.